The minimum absolute atomic E-state index is 0.206. The van der Waals surface area contributed by atoms with Crippen molar-refractivity contribution in [3.05, 3.63) is 18.2 Å². The quantitative estimate of drug-likeness (QED) is 0.807. The van der Waals surface area contributed by atoms with Crippen molar-refractivity contribution in [3.63, 3.8) is 0 Å². The van der Waals surface area contributed by atoms with E-state index in [0.29, 0.717) is 17.7 Å². The molecule has 0 atom stereocenters. The second-order valence-corrected chi connectivity index (χ2v) is 3.08. The maximum Gasteiger partial charge on any atom is 0.321 e. The first-order valence-corrected chi connectivity index (χ1v) is 5.04. The lowest BCUT2D eigenvalue weighted by atomic mass is 10.6. The van der Waals surface area contributed by atoms with Crippen molar-refractivity contribution < 1.29 is 4.42 Å². The molecule has 0 aliphatic rings. The lowest BCUT2D eigenvalue weighted by Gasteiger charge is -1.95. The number of hydrogen-bond acceptors (Lipinski definition) is 5. The Morgan fingerprint density at radius 1 is 1.53 bits per heavy atom. The normalized spacial score (nSPS) is 10.5. The molecule has 7 heteroatoms. The maximum atomic E-state index is 5.53. The van der Waals surface area contributed by atoms with E-state index in [0.717, 1.165) is 6.54 Å². The van der Waals surface area contributed by atoms with E-state index in [1.54, 1.807) is 4.68 Å². The Morgan fingerprint density at radius 2 is 2.40 bits per heavy atom. The van der Waals surface area contributed by atoms with Crippen LogP contribution in [-0.4, -0.2) is 20.0 Å². The van der Waals surface area contributed by atoms with Gasteiger partial charge in [-0.05, 0) is 6.92 Å². The molecule has 80 valence electrons. The summed E-state index contributed by atoms with van der Waals surface area (Å²) in [7, 11) is 0. The minimum atomic E-state index is 0.206. The van der Waals surface area contributed by atoms with Gasteiger partial charge in [0, 0.05) is 18.8 Å². The van der Waals surface area contributed by atoms with Gasteiger partial charge in [-0.3, -0.25) is 10.00 Å². The topological polar surface area (TPSA) is 68.8 Å². The van der Waals surface area contributed by atoms with E-state index in [-0.39, 0.29) is 5.88 Å². The molecule has 2 aromatic rings. The van der Waals surface area contributed by atoms with Crippen molar-refractivity contribution in [3.8, 4) is 0 Å². The van der Waals surface area contributed by atoms with E-state index < -0.39 is 0 Å². The SMILES string of the molecule is CCn1ccc(Nc2nnc(CCl)o2)n1. The molecule has 15 heavy (non-hydrogen) atoms. The van der Waals surface area contributed by atoms with Crippen LogP contribution < -0.4 is 5.32 Å². The van der Waals surface area contributed by atoms with Crippen molar-refractivity contribution >= 4 is 23.4 Å². The number of hydrogen-bond donors (Lipinski definition) is 1. The predicted molar refractivity (Wildman–Crippen MR) is 55.0 cm³/mol. The third-order valence-corrected chi connectivity index (χ3v) is 2.01. The third kappa shape index (κ3) is 2.27. The van der Waals surface area contributed by atoms with Crippen LogP contribution in [0.1, 0.15) is 12.8 Å². The fourth-order valence-corrected chi connectivity index (χ4v) is 1.18. The second kappa shape index (κ2) is 4.31. The number of halogens is 1. The van der Waals surface area contributed by atoms with Crippen molar-refractivity contribution in [1.29, 1.82) is 0 Å². The molecule has 2 heterocycles. The molecule has 0 saturated heterocycles. The van der Waals surface area contributed by atoms with Crippen LogP contribution in [0.25, 0.3) is 0 Å². The molecule has 0 radical (unpaired) electrons. The van der Waals surface area contributed by atoms with Gasteiger partial charge in [0.15, 0.2) is 5.82 Å². The van der Waals surface area contributed by atoms with Crippen LogP contribution in [0.4, 0.5) is 11.8 Å². The highest BCUT2D eigenvalue weighted by atomic mass is 35.5. The molecule has 0 saturated carbocycles. The zero-order valence-corrected chi connectivity index (χ0v) is 8.90. The molecule has 0 bridgehead atoms. The Balaban J connectivity index is 2.07. The second-order valence-electron chi connectivity index (χ2n) is 2.82. The van der Waals surface area contributed by atoms with Gasteiger partial charge in [0.05, 0.1) is 0 Å². The van der Waals surface area contributed by atoms with Crippen LogP contribution in [0, 0.1) is 0 Å². The molecule has 0 fully saturated rings. The summed E-state index contributed by atoms with van der Waals surface area (Å²) in [5.74, 6) is 1.26. The van der Waals surface area contributed by atoms with Crippen molar-refractivity contribution in [2.45, 2.75) is 19.3 Å². The highest BCUT2D eigenvalue weighted by Crippen LogP contribution is 2.13. The fraction of sp³-hybridized carbons (Fsp3) is 0.375. The van der Waals surface area contributed by atoms with Gasteiger partial charge >= 0.3 is 6.01 Å². The number of alkyl halides is 1. The molecular formula is C8H10ClN5O. The van der Waals surface area contributed by atoms with E-state index in [1.165, 1.54) is 0 Å². The fourth-order valence-electron chi connectivity index (χ4n) is 1.07. The number of aryl methyl sites for hydroxylation is 1. The molecule has 6 nitrogen and oxygen atoms in total. The van der Waals surface area contributed by atoms with Gasteiger partial charge in [-0.1, -0.05) is 5.10 Å². The Morgan fingerprint density at radius 3 is 3.00 bits per heavy atom. The molecule has 0 aliphatic carbocycles. The van der Waals surface area contributed by atoms with Crippen molar-refractivity contribution in [1.82, 2.24) is 20.0 Å². The van der Waals surface area contributed by atoms with Crippen LogP contribution in [0.3, 0.4) is 0 Å². The summed E-state index contributed by atoms with van der Waals surface area (Å²) in [5.41, 5.74) is 0. The average molecular weight is 228 g/mol. The first-order chi connectivity index (χ1) is 7.31. The van der Waals surface area contributed by atoms with Crippen LogP contribution in [0.5, 0.6) is 0 Å². The van der Waals surface area contributed by atoms with Crippen molar-refractivity contribution in [2.75, 3.05) is 5.32 Å². The van der Waals surface area contributed by atoms with Crippen molar-refractivity contribution in [2.24, 2.45) is 0 Å². The summed E-state index contributed by atoms with van der Waals surface area (Å²) in [5, 5.41) is 14.6. The van der Waals surface area contributed by atoms with Crippen LogP contribution >= 0.6 is 11.6 Å². The first-order valence-electron chi connectivity index (χ1n) is 4.50. The first kappa shape index (κ1) is 9.97. The van der Waals surface area contributed by atoms with Crippen LogP contribution in [0.2, 0.25) is 0 Å². The highest BCUT2D eigenvalue weighted by molar-refractivity contribution is 6.16. The lowest BCUT2D eigenvalue weighted by Crippen LogP contribution is -1.96. The Kier molecular flexibility index (Phi) is 2.86. The summed E-state index contributed by atoms with van der Waals surface area (Å²) in [6.07, 6.45) is 1.86. The molecule has 2 rings (SSSR count). The van der Waals surface area contributed by atoms with E-state index in [9.17, 15) is 0 Å². The zero-order chi connectivity index (χ0) is 10.7. The predicted octanol–water partition coefficient (Wildman–Crippen LogP) is 1.77. The number of aromatic nitrogens is 4. The summed E-state index contributed by atoms with van der Waals surface area (Å²) < 4.78 is 6.96. The largest absolute Gasteiger partial charge is 0.407 e. The highest BCUT2D eigenvalue weighted by Gasteiger charge is 2.06. The van der Waals surface area contributed by atoms with Gasteiger partial charge in [-0.2, -0.15) is 5.10 Å². The molecule has 0 spiro atoms. The van der Waals surface area contributed by atoms with Gasteiger partial charge in [0.2, 0.25) is 5.89 Å². The van der Waals surface area contributed by atoms with Crippen LogP contribution in [0.15, 0.2) is 16.7 Å². The molecule has 2 aromatic heterocycles. The number of nitrogens with zero attached hydrogens (tertiary/aromatic N) is 4. The van der Waals surface area contributed by atoms with Gasteiger partial charge in [-0.25, -0.2) is 0 Å². The zero-order valence-electron chi connectivity index (χ0n) is 8.14. The molecule has 0 unspecified atom stereocenters. The third-order valence-electron chi connectivity index (χ3n) is 1.78. The van der Waals surface area contributed by atoms with Gasteiger partial charge in [0.25, 0.3) is 0 Å². The Labute approximate surface area is 91.2 Å². The molecule has 0 aromatic carbocycles. The van der Waals surface area contributed by atoms with Gasteiger partial charge in [0.1, 0.15) is 5.88 Å². The van der Waals surface area contributed by atoms with Crippen LogP contribution in [-0.2, 0) is 12.4 Å². The summed E-state index contributed by atoms with van der Waals surface area (Å²) >= 11 is 5.53. The van der Waals surface area contributed by atoms with Gasteiger partial charge in [-0.15, -0.1) is 16.7 Å². The Hall–Kier alpha value is -1.56. The molecule has 0 amide bonds. The summed E-state index contributed by atoms with van der Waals surface area (Å²) in [4.78, 5) is 0. The van der Waals surface area contributed by atoms with E-state index in [1.807, 2.05) is 19.2 Å². The molecular weight excluding hydrogens is 218 g/mol. The lowest BCUT2D eigenvalue weighted by molar-refractivity contribution is 0.529. The van der Waals surface area contributed by atoms with E-state index in [2.05, 4.69) is 20.6 Å². The summed E-state index contributed by atoms with van der Waals surface area (Å²) in [6.45, 7) is 2.83. The summed E-state index contributed by atoms with van der Waals surface area (Å²) in [6, 6.07) is 2.13. The monoisotopic (exact) mass is 227 g/mol. The Bertz CT molecular complexity index is 397. The van der Waals surface area contributed by atoms with E-state index in [4.69, 9.17) is 16.0 Å². The van der Waals surface area contributed by atoms with E-state index >= 15 is 0 Å². The maximum absolute atomic E-state index is 5.53. The average Bonchev–Trinajstić information content (AvgIpc) is 2.87. The minimum Gasteiger partial charge on any atom is -0.407 e. The number of nitrogens with one attached hydrogen (secondary N) is 1. The number of rotatable bonds is 4. The smallest absolute Gasteiger partial charge is 0.321 e. The molecule has 1 N–H and O–H groups in total. The standard InChI is InChI=1S/C8H10ClN5O/c1-2-14-4-3-6(13-14)10-8-12-11-7(5-9)15-8/h3-4H,2,5H2,1H3,(H,10,12,13). The molecule has 0 aliphatic heterocycles. The number of anilines is 2. The van der Waals surface area contributed by atoms with Gasteiger partial charge < -0.3 is 4.42 Å².